The van der Waals surface area contributed by atoms with Gasteiger partial charge in [0.1, 0.15) is 0 Å². The zero-order valence-electron chi connectivity index (χ0n) is 10.7. The van der Waals surface area contributed by atoms with Crippen molar-refractivity contribution in [2.24, 2.45) is 5.73 Å². The lowest BCUT2D eigenvalue weighted by atomic mass is 10.1. The van der Waals surface area contributed by atoms with Crippen LogP contribution in [0.3, 0.4) is 0 Å². The number of halogens is 1. The van der Waals surface area contributed by atoms with Crippen LogP contribution in [0.5, 0.6) is 11.8 Å². The number of aromatic nitrogens is 2. The van der Waals surface area contributed by atoms with E-state index in [9.17, 15) is 4.39 Å². The molecule has 0 saturated carbocycles. The first-order valence-corrected chi connectivity index (χ1v) is 6.18. The minimum atomic E-state index is -0.441. The molecule has 0 spiro atoms. The highest BCUT2D eigenvalue weighted by Gasteiger charge is 2.07. The second-order valence-corrected chi connectivity index (χ2v) is 4.28. The second kappa shape index (κ2) is 6.24. The zero-order chi connectivity index (χ0) is 13.7. The van der Waals surface area contributed by atoms with Gasteiger partial charge < -0.3 is 10.5 Å². The van der Waals surface area contributed by atoms with Crippen molar-refractivity contribution < 1.29 is 9.13 Å². The van der Waals surface area contributed by atoms with E-state index in [1.165, 1.54) is 12.1 Å². The van der Waals surface area contributed by atoms with Gasteiger partial charge in [-0.3, -0.25) is 0 Å². The Hall–Kier alpha value is -2.01. The molecule has 5 heteroatoms. The highest BCUT2D eigenvalue weighted by Crippen LogP contribution is 2.20. The molecule has 4 nitrogen and oxygen atoms in total. The number of ether oxygens (including phenoxy) is 1. The van der Waals surface area contributed by atoms with Crippen LogP contribution >= 0.6 is 0 Å². The van der Waals surface area contributed by atoms with Crippen LogP contribution in [0.1, 0.15) is 18.9 Å². The molecule has 0 aliphatic heterocycles. The van der Waals surface area contributed by atoms with Gasteiger partial charge in [-0.15, -0.1) is 0 Å². The summed E-state index contributed by atoms with van der Waals surface area (Å²) in [5.41, 5.74) is 6.79. The monoisotopic (exact) mass is 261 g/mol. The predicted octanol–water partition coefficient (Wildman–Crippen LogP) is 2.69. The molecule has 0 aliphatic carbocycles. The fraction of sp³-hybridized carbons (Fsp3) is 0.286. The van der Waals surface area contributed by atoms with Crippen molar-refractivity contribution in [2.75, 3.05) is 0 Å². The Labute approximate surface area is 111 Å². The van der Waals surface area contributed by atoms with Gasteiger partial charge in [0.05, 0.1) is 0 Å². The van der Waals surface area contributed by atoms with Gasteiger partial charge in [-0.05, 0) is 30.5 Å². The fourth-order valence-corrected chi connectivity index (χ4v) is 1.57. The Morgan fingerprint density at radius 1 is 1.26 bits per heavy atom. The number of benzene rings is 1. The van der Waals surface area contributed by atoms with Crippen LogP contribution in [0.15, 0.2) is 36.7 Å². The van der Waals surface area contributed by atoms with Crippen molar-refractivity contribution in [1.29, 1.82) is 0 Å². The van der Waals surface area contributed by atoms with Crippen LogP contribution in [0.2, 0.25) is 0 Å². The molecule has 100 valence electrons. The van der Waals surface area contributed by atoms with Crippen LogP contribution in [0.4, 0.5) is 4.39 Å². The van der Waals surface area contributed by atoms with E-state index in [0.29, 0.717) is 0 Å². The minimum Gasteiger partial charge on any atom is -0.421 e. The molecule has 0 saturated heterocycles. The molecule has 0 radical (unpaired) electrons. The maximum Gasteiger partial charge on any atom is 0.321 e. The van der Waals surface area contributed by atoms with E-state index in [2.05, 4.69) is 9.97 Å². The molecule has 1 aromatic carbocycles. The van der Waals surface area contributed by atoms with E-state index >= 15 is 0 Å². The lowest BCUT2D eigenvalue weighted by Crippen LogP contribution is -2.21. The molecule has 1 atom stereocenters. The van der Waals surface area contributed by atoms with E-state index in [0.717, 1.165) is 18.4 Å². The van der Waals surface area contributed by atoms with Crippen molar-refractivity contribution in [3.63, 3.8) is 0 Å². The second-order valence-electron chi connectivity index (χ2n) is 4.28. The van der Waals surface area contributed by atoms with Crippen LogP contribution < -0.4 is 10.5 Å². The normalized spacial score (nSPS) is 12.2. The molecule has 2 rings (SSSR count). The van der Waals surface area contributed by atoms with Crippen molar-refractivity contribution in [3.05, 3.63) is 48.0 Å². The largest absolute Gasteiger partial charge is 0.421 e. The molecule has 1 unspecified atom stereocenters. The molecular weight excluding hydrogens is 245 g/mol. The quantitative estimate of drug-likeness (QED) is 0.899. The predicted molar refractivity (Wildman–Crippen MR) is 70.5 cm³/mol. The van der Waals surface area contributed by atoms with E-state index in [-0.39, 0.29) is 17.8 Å². The third-order valence-electron chi connectivity index (χ3n) is 2.74. The molecule has 2 N–H and O–H groups in total. The van der Waals surface area contributed by atoms with Crippen molar-refractivity contribution in [3.8, 4) is 11.8 Å². The van der Waals surface area contributed by atoms with Crippen LogP contribution in [0.25, 0.3) is 0 Å². The number of nitrogens with two attached hydrogens (primary N) is 1. The molecule has 1 heterocycles. The lowest BCUT2D eigenvalue weighted by Gasteiger charge is -2.08. The van der Waals surface area contributed by atoms with Crippen LogP contribution in [-0.4, -0.2) is 16.0 Å². The maximum absolute atomic E-state index is 13.4. The van der Waals surface area contributed by atoms with Crippen molar-refractivity contribution in [2.45, 2.75) is 25.8 Å². The third kappa shape index (κ3) is 3.72. The van der Waals surface area contributed by atoms with E-state index < -0.39 is 5.82 Å². The number of rotatable bonds is 5. The average Bonchev–Trinajstić information content (AvgIpc) is 2.43. The first kappa shape index (κ1) is 13.4. The summed E-state index contributed by atoms with van der Waals surface area (Å²) in [6.45, 7) is 2.03. The molecule has 0 bridgehead atoms. The van der Waals surface area contributed by atoms with Gasteiger partial charge in [-0.25, -0.2) is 14.4 Å². The number of nitrogens with zero attached hydrogens (tertiary/aromatic N) is 2. The first-order chi connectivity index (χ1) is 9.19. The summed E-state index contributed by atoms with van der Waals surface area (Å²) in [6, 6.07) is 6.36. The van der Waals surface area contributed by atoms with Crippen molar-refractivity contribution in [1.82, 2.24) is 9.97 Å². The van der Waals surface area contributed by atoms with Gasteiger partial charge >= 0.3 is 6.01 Å². The summed E-state index contributed by atoms with van der Waals surface area (Å²) in [7, 11) is 0. The summed E-state index contributed by atoms with van der Waals surface area (Å²) in [5, 5.41) is 0. The Bertz CT molecular complexity index is 530. The number of hydrogen-bond donors (Lipinski definition) is 1. The van der Waals surface area contributed by atoms with Gasteiger partial charge in [-0.1, -0.05) is 19.1 Å². The Morgan fingerprint density at radius 2 is 1.95 bits per heavy atom. The molecule has 0 amide bonds. The van der Waals surface area contributed by atoms with E-state index in [4.69, 9.17) is 10.5 Å². The SMILES string of the molecule is CCC(N)Cc1cnc(Oc2ccccc2F)nc1. The van der Waals surface area contributed by atoms with Gasteiger partial charge in [0.15, 0.2) is 11.6 Å². The van der Waals surface area contributed by atoms with E-state index in [1.807, 2.05) is 6.92 Å². The van der Waals surface area contributed by atoms with Crippen LogP contribution in [0, 0.1) is 5.82 Å². The van der Waals surface area contributed by atoms with Gasteiger partial charge in [0, 0.05) is 18.4 Å². The van der Waals surface area contributed by atoms with Crippen LogP contribution in [-0.2, 0) is 6.42 Å². The Morgan fingerprint density at radius 3 is 2.58 bits per heavy atom. The highest BCUT2D eigenvalue weighted by atomic mass is 19.1. The zero-order valence-corrected chi connectivity index (χ0v) is 10.7. The molecule has 1 aromatic heterocycles. The van der Waals surface area contributed by atoms with E-state index in [1.54, 1.807) is 24.5 Å². The molecule has 2 aromatic rings. The number of para-hydroxylation sites is 1. The standard InChI is InChI=1S/C14H16FN3O/c1-2-11(16)7-10-8-17-14(18-9-10)19-13-6-4-3-5-12(13)15/h3-6,8-9,11H,2,7,16H2,1H3. The summed E-state index contributed by atoms with van der Waals surface area (Å²) in [4.78, 5) is 8.09. The molecular formula is C14H16FN3O. The average molecular weight is 261 g/mol. The molecule has 0 fully saturated rings. The first-order valence-electron chi connectivity index (χ1n) is 6.18. The lowest BCUT2D eigenvalue weighted by molar-refractivity contribution is 0.410. The van der Waals surface area contributed by atoms with Gasteiger partial charge in [-0.2, -0.15) is 0 Å². The fourth-order valence-electron chi connectivity index (χ4n) is 1.57. The molecule has 0 aliphatic rings. The third-order valence-corrected chi connectivity index (χ3v) is 2.74. The van der Waals surface area contributed by atoms with Crippen molar-refractivity contribution >= 4 is 0 Å². The van der Waals surface area contributed by atoms with Gasteiger partial charge in [0.25, 0.3) is 0 Å². The molecule has 19 heavy (non-hydrogen) atoms. The highest BCUT2D eigenvalue weighted by molar-refractivity contribution is 5.26. The number of hydrogen-bond acceptors (Lipinski definition) is 4. The summed E-state index contributed by atoms with van der Waals surface area (Å²) < 4.78 is 18.6. The summed E-state index contributed by atoms with van der Waals surface area (Å²) >= 11 is 0. The smallest absolute Gasteiger partial charge is 0.321 e. The summed E-state index contributed by atoms with van der Waals surface area (Å²) in [5.74, 6) is -0.330. The topological polar surface area (TPSA) is 61.0 Å². The summed E-state index contributed by atoms with van der Waals surface area (Å²) in [6.07, 6.45) is 4.92. The minimum absolute atomic E-state index is 0.0990. The Kier molecular flexibility index (Phi) is 4.41. The van der Waals surface area contributed by atoms with Gasteiger partial charge in [0.2, 0.25) is 0 Å². The maximum atomic E-state index is 13.4. The Balaban J connectivity index is 2.05.